The SMILES string of the molecule is Nc1nc(Cl)nc2c1ncn2[C@H]1CC[C@@H](C(=O)Nc2nc3ccc(CC(=O)O)cc3s2)CC1. The van der Waals surface area contributed by atoms with Gasteiger partial charge in [0, 0.05) is 12.0 Å². The van der Waals surface area contributed by atoms with Crippen LogP contribution in [0.5, 0.6) is 0 Å². The Hall–Kier alpha value is -3.31. The smallest absolute Gasteiger partial charge is 0.307 e. The van der Waals surface area contributed by atoms with E-state index >= 15 is 0 Å². The van der Waals surface area contributed by atoms with Crippen molar-refractivity contribution in [3.05, 3.63) is 35.4 Å². The molecule has 0 unspecified atom stereocenters. The van der Waals surface area contributed by atoms with Gasteiger partial charge in [-0.15, -0.1) is 0 Å². The van der Waals surface area contributed by atoms with E-state index in [0.717, 1.165) is 35.9 Å². The molecule has 1 amide bonds. The maximum absolute atomic E-state index is 12.9. The molecule has 0 atom stereocenters. The van der Waals surface area contributed by atoms with Crippen LogP contribution in [0.15, 0.2) is 24.5 Å². The van der Waals surface area contributed by atoms with Crippen molar-refractivity contribution in [2.24, 2.45) is 5.92 Å². The first-order chi connectivity index (χ1) is 15.9. The van der Waals surface area contributed by atoms with Crippen molar-refractivity contribution in [3.8, 4) is 0 Å². The van der Waals surface area contributed by atoms with E-state index in [4.69, 9.17) is 22.4 Å². The monoisotopic (exact) mass is 485 g/mol. The van der Waals surface area contributed by atoms with E-state index in [1.165, 1.54) is 11.3 Å². The number of nitrogens with zero attached hydrogens (tertiary/aromatic N) is 5. The van der Waals surface area contributed by atoms with Gasteiger partial charge in [-0.05, 0) is 55.0 Å². The first-order valence-electron chi connectivity index (χ1n) is 10.4. The van der Waals surface area contributed by atoms with Crippen molar-refractivity contribution in [1.82, 2.24) is 24.5 Å². The molecule has 0 radical (unpaired) electrons. The Morgan fingerprint density at radius 2 is 2.00 bits per heavy atom. The topological polar surface area (TPSA) is 149 Å². The van der Waals surface area contributed by atoms with Gasteiger partial charge in [0.05, 0.1) is 23.0 Å². The van der Waals surface area contributed by atoms with E-state index in [1.54, 1.807) is 24.5 Å². The summed E-state index contributed by atoms with van der Waals surface area (Å²) < 4.78 is 2.81. The molecule has 10 nitrogen and oxygen atoms in total. The molecule has 170 valence electrons. The summed E-state index contributed by atoms with van der Waals surface area (Å²) in [5.41, 5.74) is 8.47. The summed E-state index contributed by atoms with van der Waals surface area (Å²) in [6.45, 7) is 0. The number of carboxylic acid groups (broad SMARTS) is 1. The average molecular weight is 486 g/mol. The third-order valence-corrected chi connectivity index (χ3v) is 7.02. The first-order valence-corrected chi connectivity index (χ1v) is 11.6. The fourth-order valence-corrected chi connectivity index (χ4v) is 5.41. The number of nitrogens with one attached hydrogen (secondary N) is 1. The lowest BCUT2D eigenvalue weighted by Gasteiger charge is -2.28. The minimum atomic E-state index is -0.884. The van der Waals surface area contributed by atoms with Crippen LogP contribution in [-0.2, 0) is 16.0 Å². The lowest BCUT2D eigenvalue weighted by Crippen LogP contribution is -2.28. The maximum atomic E-state index is 12.9. The lowest BCUT2D eigenvalue weighted by atomic mass is 9.85. The number of amides is 1. The van der Waals surface area contributed by atoms with Crippen LogP contribution in [0.25, 0.3) is 21.4 Å². The van der Waals surface area contributed by atoms with Gasteiger partial charge in [0.1, 0.15) is 5.52 Å². The number of carboxylic acids is 1. The number of halogens is 1. The molecule has 1 aromatic carbocycles. The molecule has 4 aromatic rings. The van der Waals surface area contributed by atoms with E-state index in [0.29, 0.717) is 21.9 Å². The summed E-state index contributed by atoms with van der Waals surface area (Å²) in [6, 6.07) is 5.48. The number of thiazole rings is 1. The predicted molar refractivity (Wildman–Crippen MR) is 125 cm³/mol. The maximum Gasteiger partial charge on any atom is 0.307 e. The van der Waals surface area contributed by atoms with Gasteiger partial charge >= 0.3 is 5.97 Å². The third-order valence-electron chi connectivity index (χ3n) is 5.92. The molecule has 1 saturated carbocycles. The second-order valence-corrected chi connectivity index (χ2v) is 9.46. The molecule has 5 rings (SSSR count). The van der Waals surface area contributed by atoms with Gasteiger partial charge in [-0.25, -0.2) is 9.97 Å². The number of hydrogen-bond acceptors (Lipinski definition) is 8. The van der Waals surface area contributed by atoms with Crippen LogP contribution in [0.3, 0.4) is 0 Å². The normalized spacial score (nSPS) is 18.6. The summed E-state index contributed by atoms with van der Waals surface area (Å²) in [5.74, 6) is -0.800. The number of carbonyl (C=O) groups excluding carboxylic acids is 1. The van der Waals surface area contributed by atoms with Crippen LogP contribution in [0.2, 0.25) is 5.28 Å². The van der Waals surface area contributed by atoms with Crippen molar-refractivity contribution in [3.63, 3.8) is 0 Å². The summed E-state index contributed by atoms with van der Waals surface area (Å²) in [6.07, 6.45) is 4.69. The number of aliphatic carboxylic acids is 1. The fraction of sp³-hybridized carbons (Fsp3) is 0.333. The number of nitrogen functional groups attached to an aromatic ring is 1. The Morgan fingerprint density at radius 1 is 1.21 bits per heavy atom. The minimum Gasteiger partial charge on any atom is -0.481 e. The van der Waals surface area contributed by atoms with Gasteiger partial charge in [0.15, 0.2) is 16.6 Å². The molecule has 3 heterocycles. The average Bonchev–Trinajstić information content (AvgIpc) is 3.36. The Kier molecular flexibility index (Phi) is 5.59. The number of fused-ring (bicyclic) bond motifs is 2. The van der Waals surface area contributed by atoms with Crippen molar-refractivity contribution in [2.75, 3.05) is 11.1 Å². The summed E-state index contributed by atoms with van der Waals surface area (Å²) in [4.78, 5) is 40.8. The highest BCUT2D eigenvalue weighted by atomic mass is 35.5. The van der Waals surface area contributed by atoms with Crippen molar-refractivity contribution < 1.29 is 14.7 Å². The highest BCUT2D eigenvalue weighted by Gasteiger charge is 2.29. The van der Waals surface area contributed by atoms with E-state index in [9.17, 15) is 9.59 Å². The van der Waals surface area contributed by atoms with Crippen LogP contribution >= 0.6 is 22.9 Å². The highest BCUT2D eigenvalue weighted by molar-refractivity contribution is 7.22. The molecule has 1 aliphatic rings. The molecule has 0 aliphatic heterocycles. The Labute approximate surface area is 196 Å². The highest BCUT2D eigenvalue weighted by Crippen LogP contribution is 2.35. The molecule has 1 fully saturated rings. The molecule has 1 aliphatic carbocycles. The number of nitrogens with two attached hydrogens (primary N) is 1. The van der Waals surface area contributed by atoms with Gasteiger partial charge in [-0.1, -0.05) is 17.4 Å². The van der Waals surface area contributed by atoms with Crippen molar-refractivity contribution in [2.45, 2.75) is 38.1 Å². The number of carbonyl (C=O) groups is 2. The predicted octanol–water partition coefficient (Wildman–Crippen LogP) is 3.67. The molecular formula is C21H20ClN7O3S. The van der Waals surface area contributed by atoms with Gasteiger partial charge in [0.25, 0.3) is 0 Å². The fourth-order valence-electron chi connectivity index (χ4n) is 4.31. The van der Waals surface area contributed by atoms with E-state index in [-0.39, 0.29) is 35.4 Å². The number of imidazole rings is 1. The van der Waals surface area contributed by atoms with Gasteiger partial charge in [0.2, 0.25) is 11.2 Å². The number of benzene rings is 1. The van der Waals surface area contributed by atoms with Gasteiger partial charge in [-0.2, -0.15) is 9.97 Å². The molecule has 4 N–H and O–H groups in total. The van der Waals surface area contributed by atoms with Crippen LogP contribution in [0.1, 0.15) is 37.3 Å². The van der Waals surface area contributed by atoms with Crippen molar-refractivity contribution >= 4 is 67.1 Å². The van der Waals surface area contributed by atoms with Crippen LogP contribution < -0.4 is 11.1 Å². The van der Waals surface area contributed by atoms with Crippen LogP contribution in [0.4, 0.5) is 10.9 Å². The van der Waals surface area contributed by atoms with Gasteiger partial charge < -0.3 is 20.7 Å². The zero-order valence-electron chi connectivity index (χ0n) is 17.4. The Morgan fingerprint density at radius 3 is 2.76 bits per heavy atom. The van der Waals surface area contributed by atoms with Crippen LogP contribution in [-0.4, -0.2) is 41.5 Å². The number of aromatic nitrogens is 5. The van der Waals surface area contributed by atoms with Gasteiger partial charge in [-0.3, -0.25) is 9.59 Å². The molecule has 0 saturated heterocycles. The largest absolute Gasteiger partial charge is 0.481 e. The summed E-state index contributed by atoms with van der Waals surface area (Å²) in [5, 5.41) is 12.5. The van der Waals surface area contributed by atoms with E-state index < -0.39 is 5.97 Å². The second-order valence-electron chi connectivity index (χ2n) is 8.09. The van der Waals surface area contributed by atoms with E-state index in [1.807, 2.05) is 4.57 Å². The number of hydrogen-bond donors (Lipinski definition) is 3. The zero-order chi connectivity index (χ0) is 23.1. The summed E-state index contributed by atoms with van der Waals surface area (Å²) >= 11 is 7.31. The molecular weight excluding hydrogens is 466 g/mol. The molecule has 12 heteroatoms. The first kappa shape index (κ1) is 21.5. The van der Waals surface area contributed by atoms with E-state index in [2.05, 4.69) is 25.3 Å². The van der Waals surface area contributed by atoms with Crippen LogP contribution in [0, 0.1) is 5.92 Å². The third kappa shape index (κ3) is 4.33. The lowest BCUT2D eigenvalue weighted by molar-refractivity contribution is -0.136. The quantitative estimate of drug-likeness (QED) is 0.362. The molecule has 0 bridgehead atoms. The minimum absolute atomic E-state index is 0.0458. The summed E-state index contributed by atoms with van der Waals surface area (Å²) in [7, 11) is 0. The zero-order valence-corrected chi connectivity index (χ0v) is 18.9. The Bertz CT molecular complexity index is 1380. The van der Waals surface area contributed by atoms with Crippen molar-refractivity contribution in [1.29, 1.82) is 0 Å². The molecule has 33 heavy (non-hydrogen) atoms. The molecule has 0 spiro atoms. The second kappa shape index (κ2) is 8.56. The Balaban J connectivity index is 1.24. The number of rotatable bonds is 5. The standard InChI is InChI=1S/C21H20ClN7O3S/c22-20-26-17(23)16-18(27-20)29(9-24-16)12-4-2-11(3-5-12)19(32)28-21-25-13-6-1-10(8-15(30)31)7-14(13)33-21/h1,6-7,9,11-12H,2-5,8H2,(H,30,31)(H2,23,26,27)(H,25,28,32)/t11-,12+. The molecule has 3 aromatic heterocycles. The number of anilines is 2.